The molecule has 2 rings (SSSR count). The zero-order valence-corrected chi connectivity index (χ0v) is 11.5. The van der Waals surface area contributed by atoms with Crippen LogP contribution in [0.3, 0.4) is 0 Å². The summed E-state index contributed by atoms with van der Waals surface area (Å²) in [5.74, 6) is 0.168. The molecule has 4 heteroatoms. The smallest absolute Gasteiger partial charge is 0.331 e. The molecule has 1 unspecified atom stereocenters. The Kier molecular flexibility index (Phi) is 3.81. The van der Waals surface area contributed by atoms with Gasteiger partial charge in [-0.2, -0.15) is 0 Å². The summed E-state index contributed by atoms with van der Waals surface area (Å²) in [5.41, 5.74) is 0.251. The summed E-state index contributed by atoms with van der Waals surface area (Å²) in [6.45, 7) is 2.01. The number of hydrogen-bond acceptors (Lipinski definition) is 3. The Morgan fingerprint density at radius 2 is 2.28 bits per heavy atom. The van der Waals surface area contributed by atoms with Crippen molar-refractivity contribution in [3.05, 3.63) is 29.3 Å². The molecule has 1 aliphatic carbocycles. The highest BCUT2D eigenvalue weighted by Crippen LogP contribution is 2.44. The second-order valence-corrected chi connectivity index (χ2v) is 5.16. The summed E-state index contributed by atoms with van der Waals surface area (Å²) in [6, 6.07) is 7.43. The van der Waals surface area contributed by atoms with E-state index in [0.717, 1.165) is 18.5 Å². The first kappa shape index (κ1) is 13.2. The topological polar surface area (TPSA) is 38.3 Å². The Balaban J connectivity index is 2.27. The number of nitrogens with one attached hydrogen (secondary N) is 1. The van der Waals surface area contributed by atoms with Gasteiger partial charge >= 0.3 is 5.97 Å². The lowest BCUT2D eigenvalue weighted by Gasteiger charge is -2.32. The fraction of sp³-hybridized carbons (Fsp3) is 0.500. The summed E-state index contributed by atoms with van der Waals surface area (Å²) in [5, 5.41) is 3.99. The van der Waals surface area contributed by atoms with Crippen LogP contribution in [-0.4, -0.2) is 18.6 Å². The lowest BCUT2D eigenvalue weighted by atomic mass is 9.89. The Bertz CT molecular complexity index is 445. The first-order valence-electron chi connectivity index (χ1n) is 6.24. The second kappa shape index (κ2) is 5.19. The van der Waals surface area contributed by atoms with Gasteiger partial charge in [-0.05, 0) is 43.4 Å². The Hall–Kier alpha value is -1.22. The summed E-state index contributed by atoms with van der Waals surface area (Å²) in [7, 11) is 1.44. The molecule has 0 amide bonds. The molecular formula is C14H18ClNO2. The van der Waals surface area contributed by atoms with Gasteiger partial charge in [0.1, 0.15) is 5.54 Å². The molecule has 0 heterocycles. The van der Waals surface area contributed by atoms with E-state index < -0.39 is 5.54 Å². The molecule has 0 radical (unpaired) electrons. The lowest BCUT2D eigenvalue weighted by Crippen LogP contribution is -2.48. The van der Waals surface area contributed by atoms with Crippen LogP contribution in [0.1, 0.15) is 26.2 Å². The van der Waals surface area contributed by atoms with Crippen molar-refractivity contribution in [2.75, 3.05) is 12.4 Å². The van der Waals surface area contributed by atoms with Crippen LogP contribution in [0.2, 0.25) is 5.02 Å². The monoisotopic (exact) mass is 267 g/mol. The molecule has 0 bridgehead atoms. The molecular weight excluding hydrogens is 250 g/mol. The minimum Gasteiger partial charge on any atom is -0.467 e. The van der Waals surface area contributed by atoms with Gasteiger partial charge in [0, 0.05) is 10.7 Å². The van der Waals surface area contributed by atoms with E-state index in [1.165, 1.54) is 7.11 Å². The largest absolute Gasteiger partial charge is 0.467 e. The SMILES string of the molecule is CCC(Nc1cccc(Cl)c1)(C(=O)OC)C1CC1. The van der Waals surface area contributed by atoms with Crippen LogP contribution in [0.5, 0.6) is 0 Å². The van der Waals surface area contributed by atoms with Crippen molar-refractivity contribution in [3.63, 3.8) is 0 Å². The van der Waals surface area contributed by atoms with Crippen LogP contribution in [0.15, 0.2) is 24.3 Å². The van der Waals surface area contributed by atoms with Crippen molar-refractivity contribution in [1.29, 1.82) is 0 Å². The lowest BCUT2D eigenvalue weighted by molar-refractivity contribution is -0.147. The maximum atomic E-state index is 12.1. The standard InChI is InChI=1S/C14H18ClNO2/c1-3-14(10-7-8-10,13(17)18-2)16-12-6-4-5-11(15)9-12/h4-6,9-10,16H,3,7-8H2,1-2H3. The predicted molar refractivity (Wildman–Crippen MR) is 72.8 cm³/mol. The maximum absolute atomic E-state index is 12.1. The van der Waals surface area contributed by atoms with E-state index in [4.69, 9.17) is 16.3 Å². The summed E-state index contributed by atoms with van der Waals surface area (Å²) < 4.78 is 4.98. The van der Waals surface area contributed by atoms with Crippen LogP contribution in [0.25, 0.3) is 0 Å². The second-order valence-electron chi connectivity index (χ2n) is 4.73. The van der Waals surface area contributed by atoms with Gasteiger partial charge in [-0.25, -0.2) is 4.79 Å². The molecule has 1 saturated carbocycles. The van der Waals surface area contributed by atoms with Crippen LogP contribution >= 0.6 is 11.6 Å². The van der Waals surface area contributed by atoms with Gasteiger partial charge in [0.2, 0.25) is 0 Å². The number of ether oxygens (including phenoxy) is 1. The summed E-state index contributed by atoms with van der Waals surface area (Å²) >= 11 is 5.97. The third-order valence-corrected chi connectivity index (χ3v) is 3.81. The van der Waals surface area contributed by atoms with Crippen LogP contribution < -0.4 is 5.32 Å². The minimum absolute atomic E-state index is 0.188. The third-order valence-electron chi connectivity index (χ3n) is 3.57. The van der Waals surface area contributed by atoms with E-state index in [-0.39, 0.29) is 5.97 Å². The van der Waals surface area contributed by atoms with Crippen molar-refractivity contribution in [2.45, 2.75) is 31.7 Å². The fourth-order valence-electron chi connectivity index (χ4n) is 2.42. The van der Waals surface area contributed by atoms with Crippen molar-refractivity contribution >= 4 is 23.3 Å². The average Bonchev–Trinajstić information content (AvgIpc) is 3.19. The van der Waals surface area contributed by atoms with Crippen molar-refractivity contribution in [3.8, 4) is 0 Å². The van der Waals surface area contributed by atoms with Gasteiger partial charge < -0.3 is 10.1 Å². The number of benzene rings is 1. The summed E-state index contributed by atoms with van der Waals surface area (Å²) in [4.78, 5) is 12.1. The first-order valence-corrected chi connectivity index (χ1v) is 6.62. The van der Waals surface area contributed by atoms with Gasteiger partial charge in [0.05, 0.1) is 7.11 Å². The summed E-state index contributed by atoms with van der Waals surface area (Å²) in [6.07, 6.45) is 2.84. The Morgan fingerprint density at radius 3 is 2.78 bits per heavy atom. The van der Waals surface area contributed by atoms with Gasteiger partial charge in [0.15, 0.2) is 0 Å². The molecule has 0 aromatic heterocycles. The number of carbonyl (C=O) groups is 1. The molecule has 18 heavy (non-hydrogen) atoms. The van der Waals surface area contributed by atoms with Crippen LogP contribution in [0, 0.1) is 5.92 Å². The van der Waals surface area contributed by atoms with Crippen molar-refractivity contribution in [1.82, 2.24) is 0 Å². The number of hydrogen-bond donors (Lipinski definition) is 1. The molecule has 98 valence electrons. The van der Waals surface area contributed by atoms with Crippen LogP contribution in [0.4, 0.5) is 5.69 Å². The van der Waals surface area contributed by atoms with Crippen LogP contribution in [-0.2, 0) is 9.53 Å². The molecule has 0 aliphatic heterocycles. The Morgan fingerprint density at radius 1 is 1.56 bits per heavy atom. The molecule has 1 aromatic rings. The van der Waals surface area contributed by atoms with E-state index in [0.29, 0.717) is 17.4 Å². The highest BCUT2D eigenvalue weighted by Gasteiger charge is 2.50. The average molecular weight is 268 g/mol. The molecule has 1 N–H and O–H groups in total. The van der Waals surface area contributed by atoms with E-state index in [2.05, 4.69) is 5.32 Å². The Labute approximate surface area is 112 Å². The molecule has 0 spiro atoms. The minimum atomic E-state index is -0.612. The molecule has 1 aromatic carbocycles. The molecule has 3 nitrogen and oxygen atoms in total. The van der Waals surface area contributed by atoms with E-state index >= 15 is 0 Å². The highest BCUT2D eigenvalue weighted by molar-refractivity contribution is 6.30. The molecule has 1 aliphatic rings. The number of carbonyl (C=O) groups excluding carboxylic acids is 1. The number of rotatable bonds is 5. The van der Waals surface area contributed by atoms with Crippen molar-refractivity contribution in [2.24, 2.45) is 5.92 Å². The van der Waals surface area contributed by atoms with Gasteiger partial charge in [-0.1, -0.05) is 24.6 Å². The van der Waals surface area contributed by atoms with Gasteiger partial charge in [-0.15, -0.1) is 0 Å². The fourth-order valence-corrected chi connectivity index (χ4v) is 2.61. The van der Waals surface area contributed by atoms with E-state index in [9.17, 15) is 4.79 Å². The quantitative estimate of drug-likeness (QED) is 0.830. The van der Waals surface area contributed by atoms with Gasteiger partial charge in [0.25, 0.3) is 0 Å². The van der Waals surface area contributed by atoms with E-state index in [1.807, 2.05) is 31.2 Å². The predicted octanol–water partition coefficient (Wildman–Crippen LogP) is 3.48. The zero-order valence-electron chi connectivity index (χ0n) is 10.7. The highest BCUT2D eigenvalue weighted by atomic mass is 35.5. The van der Waals surface area contributed by atoms with Crippen molar-refractivity contribution < 1.29 is 9.53 Å². The number of halogens is 1. The normalized spacial score (nSPS) is 17.9. The van der Waals surface area contributed by atoms with Gasteiger partial charge in [-0.3, -0.25) is 0 Å². The number of esters is 1. The molecule has 0 saturated heterocycles. The third kappa shape index (κ3) is 2.46. The maximum Gasteiger partial charge on any atom is 0.331 e. The molecule has 1 atom stereocenters. The first-order chi connectivity index (χ1) is 8.62. The zero-order chi connectivity index (χ0) is 13.2. The number of methoxy groups -OCH3 is 1. The number of anilines is 1. The van der Waals surface area contributed by atoms with E-state index in [1.54, 1.807) is 0 Å². The molecule has 1 fully saturated rings.